The first-order valence-electron chi connectivity index (χ1n) is 8.14. The van der Waals surface area contributed by atoms with Gasteiger partial charge in [0.25, 0.3) is 10.0 Å². The third kappa shape index (κ3) is 4.11. The van der Waals surface area contributed by atoms with E-state index in [1.807, 2.05) is 0 Å². The second kappa shape index (κ2) is 7.44. The molecule has 1 aliphatic heterocycles. The lowest BCUT2D eigenvalue weighted by atomic mass is 10.2. The Morgan fingerprint density at radius 1 is 1.26 bits per heavy atom. The van der Waals surface area contributed by atoms with Gasteiger partial charge in [-0.15, -0.1) is 0 Å². The van der Waals surface area contributed by atoms with Gasteiger partial charge in [-0.25, -0.2) is 13.4 Å². The SMILES string of the molecule is CCCCC(=O)N1CCCN(S(=O)(=O)c2cn(C)c(C)n2)CC1. The van der Waals surface area contributed by atoms with Crippen molar-refractivity contribution in [1.82, 2.24) is 18.8 Å². The summed E-state index contributed by atoms with van der Waals surface area (Å²) in [5.74, 6) is 0.787. The van der Waals surface area contributed by atoms with Crippen molar-refractivity contribution in [3.05, 3.63) is 12.0 Å². The third-order valence-electron chi connectivity index (χ3n) is 4.24. The van der Waals surface area contributed by atoms with Crippen LogP contribution in [-0.4, -0.2) is 59.3 Å². The van der Waals surface area contributed by atoms with Gasteiger partial charge in [0.15, 0.2) is 5.03 Å². The highest BCUT2D eigenvalue weighted by Gasteiger charge is 2.30. The standard InChI is InChI=1S/C15H26N4O3S/c1-4-5-7-15(20)18-8-6-9-19(11-10-18)23(21,22)14-12-17(3)13(2)16-14/h12H,4-11H2,1-3H3. The van der Waals surface area contributed by atoms with Gasteiger partial charge in [0, 0.05) is 45.8 Å². The van der Waals surface area contributed by atoms with Crippen LogP contribution in [0.2, 0.25) is 0 Å². The number of hydrogen-bond acceptors (Lipinski definition) is 4. The van der Waals surface area contributed by atoms with Crippen LogP contribution in [-0.2, 0) is 21.9 Å². The smallest absolute Gasteiger partial charge is 0.262 e. The van der Waals surface area contributed by atoms with Crippen molar-refractivity contribution in [2.75, 3.05) is 26.2 Å². The molecule has 0 radical (unpaired) electrons. The van der Waals surface area contributed by atoms with Crippen LogP contribution >= 0.6 is 0 Å². The summed E-state index contributed by atoms with van der Waals surface area (Å²) in [4.78, 5) is 18.0. The van der Waals surface area contributed by atoms with Crippen molar-refractivity contribution < 1.29 is 13.2 Å². The molecule has 2 heterocycles. The fraction of sp³-hybridized carbons (Fsp3) is 0.733. The summed E-state index contributed by atoms with van der Waals surface area (Å²) in [7, 11) is -1.81. The fourth-order valence-corrected chi connectivity index (χ4v) is 4.15. The molecular weight excluding hydrogens is 316 g/mol. The molecule has 0 unspecified atom stereocenters. The molecule has 130 valence electrons. The van der Waals surface area contributed by atoms with E-state index in [0.717, 1.165) is 12.8 Å². The van der Waals surface area contributed by atoms with Gasteiger partial charge >= 0.3 is 0 Å². The molecule has 0 bridgehead atoms. The van der Waals surface area contributed by atoms with Crippen LogP contribution in [0.15, 0.2) is 11.2 Å². The van der Waals surface area contributed by atoms with E-state index in [1.165, 1.54) is 4.31 Å². The van der Waals surface area contributed by atoms with Crippen LogP contribution in [0, 0.1) is 6.92 Å². The molecule has 1 aromatic rings. The van der Waals surface area contributed by atoms with Gasteiger partial charge in [-0.1, -0.05) is 13.3 Å². The van der Waals surface area contributed by atoms with E-state index < -0.39 is 10.0 Å². The Kier molecular flexibility index (Phi) is 5.80. The molecule has 23 heavy (non-hydrogen) atoms. The molecule has 1 fully saturated rings. The second-order valence-electron chi connectivity index (χ2n) is 5.98. The number of aromatic nitrogens is 2. The number of rotatable bonds is 5. The van der Waals surface area contributed by atoms with E-state index >= 15 is 0 Å². The lowest BCUT2D eigenvalue weighted by Crippen LogP contribution is -2.37. The second-order valence-corrected chi connectivity index (χ2v) is 7.86. The molecule has 0 saturated carbocycles. The van der Waals surface area contributed by atoms with Gasteiger partial charge < -0.3 is 9.47 Å². The maximum Gasteiger partial charge on any atom is 0.262 e. The number of imidazole rings is 1. The van der Waals surface area contributed by atoms with Gasteiger partial charge in [0.1, 0.15) is 5.82 Å². The van der Waals surface area contributed by atoms with Crippen molar-refractivity contribution in [2.45, 2.75) is 44.6 Å². The van der Waals surface area contributed by atoms with Crippen molar-refractivity contribution in [2.24, 2.45) is 7.05 Å². The van der Waals surface area contributed by atoms with Crippen LogP contribution in [0.5, 0.6) is 0 Å². The van der Waals surface area contributed by atoms with Crippen LogP contribution in [0.3, 0.4) is 0 Å². The Morgan fingerprint density at radius 3 is 2.61 bits per heavy atom. The fourth-order valence-electron chi connectivity index (χ4n) is 2.65. The summed E-state index contributed by atoms with van der Waals surface area (Å²) in [6.07, 6.45) is 4.61. The predicted octanol–water partition coefficient (Wildman–Crippen LogP) is 1.14. The van der Waals surface area contributed by atoms with Crippen molar-refractivity contribution in [3.63, 3.8) is 0 Å². The minimum absolute atomic E-state index is 0.0864. The molecule has 1 saturated heterocycles. The van der Waals surface area contributed by atoms with Crippen LogP contribution < -0.4 is 0 Å². The highest BCUT2D eigenvalue weighted by atomic mass is 32.2. The maximum absolute atomic E-state index is 12.7. The minimum Gasteiger partial charge on any atom is -0.341 e. The number of carbonyl (C=O) groups is 1. The molecule has 1 aromatic heterocycles. The summed E-state index contributed by atoms with van der Waals surface area (Å²) < 4.78 is 28.5. The first-order chi connectivity index (χ1) is 10.9. The number of hydrogen-bond donors (Lipinski definition) is 0. The van der Waals surface area contributed by atoms with E-state index in [-0.39, 0.29) is 10.9 Å². The van der Waals surface area contributed by atoms with Crippen molar-refractivity contribution in [3.8, 4) is 0 Å². The Hall–Kier alpha value is -1.41. The molecule has 7 nitrogen and oxygen atoms in total. The molecule has 0 aromatic carbocycles. The van der Waals surface area contributed by atoms with Gasteiger partial charge in [-0.3, -0.25) is 4.79 Å². The van der Waals surface area contributed by atoms with E-state index in [2.05, 4.69) is 11.9 Å². The van der Waals surface area contributed by atoms with Crippen LogP contribution in [0.4, 0.5) is 0 Å². The number of unbranched alkanes of at least 4 members (excludes halogenated alkanes) is 1. The molecule has 2 rings (SSSR count). The number of amides is 1. The Balaban J connectivity index is 2.06. The molecule has 0 N–H and O–H groups in total. The Labute approximate surface area is 138 Å². The van der Waals surface area contributed by atoms with E-state index in [0.29, 0.717) is 44.8 Å². The molecule has 0 atom stereocenters. The number of sulfonamides is 1. The van der Waals surface area contributed by atoms with Gasteiger partial charge in [0.2, 0.25) is 5.91 Å². The summed E-state index contributed by atoms with van der Waals surface area (Å²) in [6, 6.07) is 0. The van der Waals surface area contributed by atoms with Crippen molar-refractivity contribution >= 4 is 15.9 Å². The van der Waals surface area contributed by atoms with Crippen LogP contribution in [0.25, 0.3) is 0 Å². The number of nitrogens with zero attached hydrogens (tertiary/aromatic N) is 4. The lowest BCUT2D eigenvalue weighted by Gasteiger charge is -2.21. The molecule has 0 spiro atoms. The zero-order valence-electron chi connectivity index (χ0n) is 14.2. The first-order valence-corrected chi connectivity index (χ1v) is 9.58. The molecule has 8 heteroatoms. The quantitative estimate of drug-likeness (QED) is 0.804. The average Bonchev–Trinajstić information content (AvgIpc) is 2.74. The zero-order chi connectivity index (χ0) is 17.0. The van der Waals surface area contributed by atoms with Gasteiger partial charge in [0.05, 0.1) is 0 Å². The minimum atomic E-state index is -3.59. The average molecular weight is 342 g/mol. The highest BCUT2D eigenvalue weighted by Crippen LogP contribution is 2.17. The molecular formula is C15H26N4O3S. The monoisotopic (exact) mass is 342 g/mol. The van der Waals surface area contributed by atoms with E-state index in [1.54, 1.807) is 29.6 Å². The summed E-state index contributed by atoms with van der Waals surface area (Å²) >= 11 is 0. The first kappa shape index (κ1) is 17.9. The number of carbonyl (C=O) groups excluding carboxylic acids is 1. The highest BCUT2D eigenvalue weighted by molar-refractivity contribution is 7.89. The lowest BCUT2D eigenvalue weighted by molar-refractivity contribution is -0.131. The molecule has 1 aliphatic rings. The van der Waals surface area contributed by atoms with E-state index in [9.17, 15) is 13.2 Å². The van der Waals surface area contributed by atoms with Gasteiger partial charge in [-0.2, -0.15) is 4.31 Å². The van der Waals surface area contributed by atoms with Gasteiger partial charge in [-0.05, 0) is 19.8 Å². The largest absolute Gasteiger partial charge is 0.341 e. The van der Waals surface area contributed by atoms with E-state index in [4.69, 9.17) is 0 Å². The Morgan fingerprint density at radius 2 is 2.00 bits per heavy atom. The third-order valence-corrected chi connectivity index (χ3v) is 6.01. The normalized spacial score (nSPS) is 17.3. The number of aryl methyl sites for hydroxylation is 2. The van der Waals surface area contributed by atoms with Crippen molar-refractivity contribution in [1.29, 1.82) is 0 Å². The molecule has 1 amide bonds. The predicted molar refractivity (Wildman–Crippen MR) is 87.4 cm³/mol. The summed E-state index contributed by atoms with van der Waals surface area (Å²) in [6.45, 7) is 5.66. The maximum atomic E-state index is 12.7. The molecule has 0 aliphatic carbocycles. The van der Waals surface area contributed by atoms with Crippen LogP contribution in [0.1, 0.15) is 38.4 Å². The topological polar surface area (TPSA) is 75.5 Å². The summed E-state index contributed by atoms with van der Waals surface area (Å²) in [5, 5.41) is 0.0864. The Bertz CT molecular complexity index is 634. The zero-order valence-corrected chi connectivity index (χ0v) is 15.0. The summed E-state index contributed by atoms with van der Waals surface area (Å²) in [5.41, 5.74) is 0.